The molecule has 168 valence electrons. The Kier molecular flexibility index (Phi) is 7.29. The maximum atomic E-state index is 5.54. The fraction of sp³-hybridized carbons (Fsp3) is 0.500. The third kappa shape index (κ3) is 4.57. The van der Waals surface area contributed by atoms with Crippen LogP contribution < -0.4 is 14.4 Å². The first-order chi connectivity index (χ1) is 14.9. The van der Waals surface area contributed by atoms with Gasteiger partial charge in [0.15, 0.2) is 17.1 Å². The molecule has 0 spiro atoms. The van der Waals surface area contributed by atoms with Crippen LogP contribution in [0.5, 0.6) is 11.5 Å². The first kappa shape index (κ1) is 22.8. The summed E-state index contributed by atoms with van der Waals surface area (Å²) in [6, 6.07) is 3.94. The lowest BCUT2D eigenvalue weighted by Gasteiger charge is -2.23. The van der Waals surface area contributed by atoms with Gasteiger partial charge in [-0.15, -0.1) is 0 Å². The number of aromatic nitrogens is 4. The van der Waals surface area contributed by atoms with Crippen molar-refractivity contribution in [2.75, 3.05) is 59.6 Å². The van der Waals surface area contributed by atoms with Gasteiger partial charge in [0, 0.05) is 27.3 Å². The molecule has 1 aromatic carbocycles. The number of hydrogen-bond donors (Lipinski definition) is 0. The fourth-order valence-electron chi connectivity index (χ4n) is 3.61. The summed E-state index contributed by atoms with van der Waals surface area (Å²) in [5.41, 5.74) is 4.59. The molecule has 0 unspecified atom stereocenters. The highest BCUT2D eigenvalue weighted by Crippen LogP contribution is 2.38. The Hall–Kier alpha value is -2.91. The third-order valence-electron chi connectivity index (χ3n) is 5.17. The second-order valence-electron chi connectivity index (χ2n) is 7.26. The number of fused-ring (bicyclic) bond motifs is 1. The zero-order valence-electron chi connectivity index (χ0n) is 19.4. The van der Waals surface area contributed by atoms with Crippen molar-refractivity contribution in [3.05, 3.63) is 29.2 Å². The molecule has 2 heterocycles. The summed E-state index contributed by atoms with van der Waals surface area (Å²) >= 11 is 0. The molecule has 0 aliphatic rings. The zero-order valence-corrected chi connectivity index (χ0v) is 19.4. The summed E-state index contributed by atoms with van der Waals surface area (Å²) in [5.74, 6) is 2.73. The molecule has 9 nitrogen and oxygen atoms in total. The molecule has 0 bridgehead atoms. The maximum Gasteiger partial charge on any atom is 0.230 e. The van der Waals surface area contributed by atoms with E-state index in [1.807, 2.05) is 32.9 Å². The molecular weight excluding hydrogens is 398 g/mol. The quantitative estimate of drug-likeness (QED) is 0.487. The molecule has 31 heavy (non-hydrogen) atoms. The van der Waals surface area contributed by atoms with E-state index in [1.165, 1.54) is 0 Å². The van der Waals surface area contributed by atoms with E-state index < -0.39 is 0 Å². The average molecular weight is 430 g/mol. The van der Waals surface area contributed by atoms with Crippen molar-refractivity contribution in [3.63, 3.8) is 0 Å². The standard InChI is InChI=1S/C22H31N5O4/c1-14-12-18(30-6)19(31-7)13-17(14)20-15(2)25-27-21(20)23-16(3)24-22(27)26(8-10-28-4)9-11-29-5/h12-13H,8-11H2,1-7H3. The lowest BCUT2D eigenvalue weighted by molar-refractivity contribution is 0.189. The molecule has 0 aliphatic heterocycles. The van der Waals surface area contributed by atoms with E-state index in [4.69, 9.17) is 34.0 Å². The summed E-state index contributed by atoms with van der Waals surface area (Å²) in [6.45, 7) is 8.37. The van der Waals surface area contributed by atoms with E-state index in [0.29, 0.717) is 49.6 Å². The predicted molar refractivity (Wildman–Crippen MR) is 119 cm³/mol. The minimum Gasteiger partial charge on any atom is -0.493 e. The van der Waals surface area contributed by atoms with Crippen LogP contribution in [0.4, 0.5) is 5.95 Å². The molecule has 3 rings (SSSR count). The first-order valence-electron chi connectivity index (χ1n) is 10.1. The van der Waals surface area contributed by atoms with Gasteiger partial charge in [-0.3, -0.25) is 0 Å². The summed E-state index contributed by atoms with van der Waals surface area (Å²) in [7, 11) is 6.64. The molecule has 0 aliphatic carbocycles. The van der Waals surface area contributed by atoms with E-state index in [2.05, 4.69) is 4.90 Å². The van der Waals surface area contributed by atoms with Crippen molar-refractivity contribution in [1.82, 2.24) is 19.6 Å². The van der Waals surface area contributed by atoms with Gasteiger partial charge >= 0.3 is 0 Å². The van der Waals surface area contributed by atoms with Gasteiger partial charge in [-0.25, -0.2) is 4.98 Å². The highest BCUT2D eigenvalue weighted by Gasteiger charge is 2.22. The van der Waals surface area contributed by atoms with Gasteiger partial charge in [-0.05, 0) is 44.0 Å². The number of anilines is 1. The van der Waals surface area contributed by atoms with Crippen molar-refractivity contribution < 1.29 is 18.9 Å². The van der Waals surface area contributed by atoms with Crippen LogP contribution in [0.15, 0.2) is 12.1 Å². The van der Waals surface area contributed by atoms with Gasteiger partial charge in [0.05, 0.1) is 38.7 Å². The minimum atomic E-state index is 0.566. The monoisotopic (exact) mass is 429 g/mol. The Morgan fingerprint density at radius 1 is 0.871 bits per heavy atom. The molecule has 2 aromatic heterocycles. The van der Waals surface area contributed by atoms with Crippen LogP contribution in [-0.4, -0.2) is 74.3 Å². The van der Waals surface area contributed by atoms with Crippen molar-refractivity contribution in [2.45, 2.75) is 20.8 Å². The molecule has 0 atom stereocenters. The van der Waals surface area contributed by atoms with Crippen LogP contribution in [0.25, 0.3) is 16.8 Å². The minimum absolute atomic E-state index is 0.566. The fourth-order valence-corrected chi connectivity index (χ4v) is 3.61. The summed E-state index contributed by atoms with van der Waals surface area (Å²) in [5, 5.41) is 4.80. The van der Waals surface area contributed by atoms with Crippen LogP contribution in [0, 0.1) is 20.8 Å². The summed E-state index contributed by atoms with van der Waals surface area (Å²) < 4.78 is 23.4. The number of hydrogen-bond acceptors (Lipinski definition) is 8. The van der Waals surface area contributed by atoms with E-state index in [9.17, 15) is 0 Å². The first-order valence-corrected chi connectivity index (χ1v) is 10.1. The van der Waals surface area contributed by atoms with Crippen LogP contribution in [-0.2, 0) is 9.47 Å². The zero-order chi connectivity index (χ0) is 22.5. The Labute approximate surface area is 182 Å². The third-order valence-corrected chi connectivity index (χ3v) is 5.17. The van der Waals surface area contributed by atoms with E-state index >= 15 is 0 Å². The highest BCUT2D eigenvalue weighted by atomic mass is 16.5. The average Bonchev–Trinajstić information content (AvgIpc) is 3.08. The molecule has 3 aromatic rings. The van der Waals surface area contributed by atoms with Gasteiger partial charge in [-0.2, -0.15) is 14.6 Å². The van der Waals surface area contributed by atoms with Gasteiger partial charge in [0.25, 0.3) is 0 Å². The second kappa shape index (κ2) is 9.93. The topological polar surface area (TPSA) is 83.2 Å². The van der Waals surface area contributed by atoms with Crippen molar-refractivity contribution in [3.8, 4) is 22.6 Å². The molecule has 0 radical (unpaired) electrons. The Morgan fingerprint density at radius 3 is 2.06 bits per heavy atom. The number of benzene rings is 1. The Balaban J connectivity index is 2.21. The van der Waals surface area contributed by atoms with Gasteiger partial charge in [-0.1, -0.05) is 0 Å². The molecule has 0 saturated heterocycles. The lowest BCUT2D eigenvalue weighted by atomic mass is 10.00. The lowest BCUT2D eigenvalue weighted by Crippen LogP contribution is -2.33. The SMILES string of the molecule is COCCN(CCOC)c1nc(C)nc2c(-c3cc(OC)c(OC)cc3C)c(C)nn12. The normalized spacial score (nSPS) is 11.2. The van der Waals surface area contributed by atoms with Gasteiger partial charge in [0.2, 0.25) is 5.95 Å². The molecule has 0 saturated carbocycles. The van der Waals surface area contributed by atoms with E-state index in [0.717, 1.165) is 28.0 Å². The summed E-state index contributed by atoms with van der Waals surface area (Å²) in [4.78, 5) is 11.5. The Bertz CT molecular complexity index is 1040. The smallest absolute Gasteiger partial charge is 0.230 e. The van der Waals surface area contributed by atoms with Crippen LogP contribution in [0.1, 0.15) is 17.1 Å². The van der Waals surface area contributed by atoms with E-state index in [1.54, 1.807) is 33.0 Å². The van der Waals surface area contributed by atoms with Gasteiger partial charge < -0.3 is 23.8 Å². The van der Waals surface area contributed by atoms with Crippen LogP contribution in [0.3, 0.4) is 0 Å². The van der Waals surface area contributed by atoms with Gasteiger partial charge in [0.1, 0.15) is 5.82 Å². The Morgan fingerprint density at radius 2 is 1.48 bits per heavy atom. The van der Waals surface area contributed by atoms with Crippen LogP contribution in [0.2, 0.25) is 0 Å². The number of methoxy groups -OCH3 is 4. The number of ether oxygens (including phenoxy) is 4. The van der Waals surface area contributed by atoms with Crippen LogP contribution >= 0.6 is 0 Å². The molecule has 9 heteroatoms. The number of rotatable bonds is 10. The van der Waals surface area contributed by atoms with Crippen molar-refractivity contribution in [1.29, 1.82) is 0 Å². The largest absolute Gasteiger partial charge is 0.493 e. The molecule has 0 N–H and O–H groups in total. The van der Waals surface area contributed by atoms with Crippen molar-refractivity contribution in [2.24, 2.45) is 0 Å². The van der Waals surface area contributed by atoms with E-state index in [-0.39, 0.29) is 0 Å². The molecule has 0 amide bonds. The summed E-state index contributed by atoms with van der Waals surface area (Å²) in [6.07, 6.45) is 0. The number of aryl methyl sites for hydroxylation is 3. The second-order valence-corrected chi connectivity index (χ2v) is 7.26. The highest BCUT2D eigenvalue weighted by molar-refractivity contribution is 5.84. The molecule has 0 fully saturated rings. The number of nitrogens with zero attached hydrogens (tertiary/aromatic N) is 5. The maximum absolute atomic E-state index is 5.54. The predicted octanol–water partition coefficient (Wildman–Crippen LogP) is 2.83. The molecular formula is C22H31N5O4. The van der Waals surface area contributed by atoms with Crippen molar-refractivity contribution >= 4 is 11.6 Å².